The van der Waals surface area contributed by atoms with Crippen LogP contribution in [0.15, 0.2) is 97.2 Å². The largest absolute Gasteiger partial charge is 0.472 e. The Morgan fingerprint density at radius 1 is 0.479 bits per heavy atom. The highest BCUT2D eigenvalue weighted by Gasteiger charge is 2.27. The van der Waals surface area contributed by atoms with E-state index in [1.165, 1.54) is 148 Å². The molecule has 3 unspecified atom stereocenters. The van der Waals surface area contributed by atoms with Crippen LogP contribution in [0.25, 0.3) is 0 Å². The molecule has 0 spiro atoms. The van der Waals surface area contributed by atoms with Crippen LogP contribution in [0.1, 0.15) is 251 Å². The molecule has 0 aromatic heterocycles. The van der Waals surface area contributed by atoms with Gasteiger partial charge in [-0.25, -0.2) is 4.57 Å². The van der Waals surface area contributed by atoms with Crippen LogP contribution < -0.4 is 5.32 Å². The third kappa shape index (κ3) is 57.0. The Morgan fingerprint density at radius 3 is 1.26 bits per heavy atom. The molecule has 0 bridgehead atoms. The first-order chi connectivity index (χ1) is 35.5. The molecule has 0 aliphatic heterocycles. The van der Waals surface area contributed by atoms with E-state index in [2.05, 4.69) is 104 Å². The number of hydrogen-bond donors (Lipinski definition) is 3. The molecule has 9 heteroatoms. The van der Waals surface area contributed by atoms with Crippen LogP contribution in [0.5, 0.6) is 0 Å². The van der Waals surface area contributed by atoms with Crippen molar-refractivity contribution < 1.29 is 32.9 Å². The number of amides is 1. The quantitative estimate of drug-likeness (QED) is 0.0243. The van der Waals surface area contributed by atoms with E-state index in [-0.39, 0.29) is 19.1 Å². The molecule has 0 saturated heterocycles. The van der Waals surface area contributed by atoms with Gasteiger partial charge < -0.3 is 19.8 Å². The van der Waals surface area contributed by atoms with Crippen LogP contribution in [-0.4, -0.2) is 73.4 Å². The highest BCUT2D eigenvalue weighted by atomic mass is 31.2. The highest BCUT2D eigenvalue weighted by Crippen LogP contribution is 2.43. The van der Waals surface area contributed by atoms with E-state index < -0.39 is 20.0 Å². The number of aliphatic hydroxyl groups is 1. The summed E-state index contributed by atoms with van der Waals surface area (Å²) in [7, 11) is 1.51. The summed E-state index contributed by atoms with van der Waals surface area (Å²) in [5.41, 5.74) is 0. The van der Waals surface area contributed by atoms with Gasteiger partial charge in [0, 0.05) is 6.42 Å². The zero-order valence-corrected chi connectivity index (χ0v) is 49.0. The Hall–Kier alpha value is -2.58. The zero-order valence-electron chi connectivity index (χ0n) is 48.1. The van der Waals surface area contributed by atoms with Gasteiger partial charge in [0.05, 0.1) is 39.9 Å². The van der Waals surface area contributed by atoms with Gasteiger partial charge in [-0.3, -0.25) is 13.8 Å². The van der Waals surface area contributed by atoms with E-state index in [0.717, 1.165) is 77.0 Å². The minimum atomic E-state index is -4.38. The first-order valence-electron chi connectivity index (χ1n) is 30.1. The zero-order chi connectivity index (χ0) is 53.5. The second-order valence-corrected chi connectivity index (χ2v) is 22.8. The highest BCUT2D eigenvalue weighted by molar-refractivity contribution is 7.47. The third-order valence-corrected chi connectivity index (χ3v) is 14.0. The fourth-order valence-corrected chi connectivity index (χ4v) is 9.07. The maximum Gasteiger partial charge on any atom is 0.472 e. The summed E-state index contributed by atoms with van der Waals surface area (Å²) in [4.78, 5) is 23.3. The summed E-state index contributed by atoms with van der Waals surface area (Å²) in [5, 5.41) is 13.9. The fraction of sp³-hybridized carbons (Fsp3) is 0.734. The molecule has 3 N–H and O–H groups in total. The SMILES string of the molecule is CC/C=C\C/C=C\C/C=C\C/C=C\C/C=C\CCCCCC(=O)NC(COP(=O)(O)OCC[N+](C)(C)C)C(O)/C=C/CC/C=C/CC/C=C/CCCCCCCCCCCCCCCCCCCCCCCC. The van der Waals surface area contributed by atoms with E-state index in [0.29, 0.717) is 23.9 Å². The number of allylic oxidation sites excluding steroid dienone is 15. The van der Waals surface area contributed by atoms with Crippen molar-refractivity contribution in [1.29, 1.82) is 0 Å². The fourth-order valence-electron chi connectivity index (χ4n) is 8.34. The average Bonchev–Trinajstić information content (AvgIpc) is 3.35. The molecule has 0 aromatic carbocycles. The van der Waals surface area contributed by atoms with Crippen molar-refractivity contribution in [2.24, 2.45) is 0 Å². The Morgan fingerprint density at radius 2 is 0.836 bits per heavy atom. The number of hydrogen-bond acceptors (Lipinski definition) is 5. The van der Waals surface area contributed by atoms with Crippen molar-refractivity contribution in [3.05, 3.63) is 97.2 Å². The standard InChI is InChI=1S/C64H115N2O6P/c1-6-8-10-12-14-16-18-20-22-24-26-27-28-29-30-31-32-33-34-35-36-37-38-40-41-43-45-47-49-51-53-55-57-63(67)62(61-72-73(69,70)71-60-59-66(3,4)5)65-64(68)58-56-54-52-50-48-46-44-42-39-25-23-21-19-17-15-13-11-9-7-2/h9,11,15,17,21,23,39-42,46-49,55,57,62-63,67H,6-8,10,12-14,16,18-20,22,24-38,43-45,50-54,56,58-61H2,1-5H3,(H-,65,68,69,70)/p+1/b11-9-,17-15-,23-21-,41-40+,42-39-,48-46-,49-47+,57-55+. The lowest BCUT2D eigenvalue weighted by atomic mass is 10.0. The van der Waals surface area contributed by atoms with Gasteiger partial charge in [0.1, 0.15) is 13.2 Å². The lowest BCUT2D eigenvalue weighted by Crippen LogP contribution is -2.45. The van der Waals surface area contributed by atoms with Crippen molar-refractivity contribution in [1.82, 2.24) is 5.32 Å². The molecule has 0 saturated carbocycles. The van der Waals surface area contributed by atoms with Crippen LogP contribution in [0.2, 0.25) is 0 Å². The second-order valence-electron chi connectivity index (χ2n) is 21.3. The van der Waals surface area contributed by atoms with Crippen LogP contribution >= 0.6 is 7.82 Å². The maximum absolute atomic E-state index is 13.0. The number of phosphoric acid groups is 1. The van der Waals surface area contributed by atoms with E-state index in [1.807, 2.05) is 27.2 Å². The number of unbranched alkanes of at least 4 members (excludes halogenated alkanes) is 27. The monoisotopic (exact) mass is 1040 g/mol. The van der Waals surface area contributed by atoms with E-state index in [9.17, 15) is 19.4 Å². The van der Waals surface area contributed by atoms with E-state index >= 15 is 0 Å². The number of likely N-dealkylation sites (N-methyl/N-ethyl adjacent to an activating group) is 1. The molecule has 1 amide bonds. The number of quaternary nitrogens is 1. The molecule has 73 heavy (non-hydrogen) atoms. The van der Waals surface area contributed by atoms with Gasteiger partial charge in [-0.1, -0.05) is 252 Å². The van der Waals surface area contributed by atoms with Gasteiger partial charge in [0.25, 0.3) is 0 Å². The molecule has 0 aliphatic carbocycles. The number of aliphatic hydroxyl groups excluding tert-OH is 1. The summed E-state index contributed by atoms with van der Waals surface area (Å²) < 4.78 is 23.7. The summed E-state index contributed by atoms with van der Waals surface area (Å²) >= 11 is 0. The number of rotatable bonds is 54. The Balaban J connectivity index is 4.26. The predicted molar refractivity (Wildman–Crippen MR) is 318 cm³/mol. The minimum Gasteiger partial charge on any atom is -0.387 e. The lowest BCUT2D eigenvalue weighted by Gasteiger charge is -2.25. The van der Waals surface area contributed by atoms with Crippen molar-refractivity contribution >= 4 is 13.7 Å². The number of carbonyl (C=O) groups is 1. The van der Waals surface area contributed by atoms with Crippen LogP contribution in [0.3, 0.4) is 0 Å². The Labute approximate surface area is 451 Å². The smallest absolute Gasteiger partial charge is 0.387 e. The summed E-state index contributed by atoms with van der Waals surface area (Å²) in [6.45, 7) is 4.65. The average molecular weight is 1040 g/mol. The van der Waals surface area contributed by atoms with Crippen molar-refractivity contribution in [2.45, 2.75) is 264 Å². The number of nitrogens with zero attached hydrogens (tertiary/aromatic N) is 1. The van der Waals surface area contributed by atoms with Crippen LogP contribution in [0.4, 0.5) is 0 Å². The molecule has 3 atom stereocenters. The van der Waals surface area contributed by atoms with Crippen molar-refractivity contribution in [3.8, 4) is 0 Å². The second kappa shape index (κ2) is 54.2. The van der Waals surface area contributed by atoms with E-state index in [1.54, 1.807) is 6.08 Å². The van der Waals surface area contributed by atoms with Crippen LogP contribution in [0, 0.1) is 0 Å². The van der Waals surface area contributed by atoms with Crippen LogP contribution in [-0.2, 0) is 18.4 Å². The lowest BCUT2D eigenvalue weighted by molar-refractivity contribution is -0.870. The summed E-state index contributed by atoms with van der Waals surface area (Å²) in [6.07, 6.45) is 78.3. The normalized spacial score (nSPS) is 14.6. The molecule has 0 aliphatic rings. The van der Waals surface area contributed by atoms with Crippen molar-refractivity contribution in [2.75, 3.05) is 40.9 Å². The Bertz CT molecular complexity index is 1510. The minimum absolute atomic E-state index is 0.0416. The third-order valence-electron chi connectivity index (χ3n) is 13.0. The number of nitrogens with one attached hydrogen (secondary N) is 1. The molecule has 422 valence electrons. The molecule has 0 heterocycles. The van der Waals surface area contributed by atoms with Gasteiger partial charge in [-0.15, -0.1) is 0 Å². The first-order valence-corrected chi connectivity index (χ1v) is 31.6. The molecule has 0 rings (SSSR count). The van der Waals surface area contributed by atoms with Gasteiger partial charge in [0.2, 0.25) is 5.91 Å². The molecular weight excluding hydrogens is 924 g/mol. The topological polar surface area (TPSA) is 105 Å². The number of carbonyl (C=O) groups excluding carboxylic acids is 1. The number of phosphoric ester groups is 1. The molecule has 0 fully saturated rings. The van der Waals surface area contributed by atoms with Crippen molar-refractivity contribution in [3.63, 3.8) is 0 Å². The maximum atomic E-state index is 13.0. The van der Waals surface area contributed by atoms with Gasteiger partial charge in [-0.2, -0.15) is 0 Å². The molecule has 0 radical (unpaired) electrons. The Kier molecular flexibility index (Phi) is 52.3. The van der Waals surface area contributed by atoms with Gasteiger partial charge >= 0.3 is 7.82 Å². The first kappa shape index (κ1) is 70.4. The van der Waals surface area contributed by atoms with Gasteiger partial charge in [0.15, 0.2) is 0 Å². The van der Waals surface area contributed by atoms with E-state index in [4.69, 9.17) is 9.05 Å². The van der Waals surface area contributed by atoms with Gasteiger partial charge in [-0.05, 0) is 89.9 Å². The molecule has 8 nitrogen and oxygen atoms in total. The summed E-state index contributed by atoms with van der Waals surface area (Å²) in [5.74, 6) is -0.224. The predicted octanol–water partition coefficient (Wildman–Crippen LogP) is 18.6. The molecular formula is C64H116N2O6P+. The molecule has 0 aromatic rings. The summed E-state index contributed by atoms with van der Waals surface area (Å²) in [6, 6.07) is -0.895.